The molecule has 4 heteroatoms. The summed E-state index contributed by atoms with van der Waals surface area (Å²) >= 11 is 0. The minimum absolute atomic E-state index is 0.135. The summed E-state index contributed by atoms with van der Waals surface area (Å²) in [4.78, 5) is 2.46. The number of hydrogen-bond acceptors (Lipinski definition) is 2. The Morgan fingerprint density at radius 3 is 2.70 bits per heavy atom. The van der Waals surface area contributed by atoms with Crippen LogP contribution >= 0.6 is 0 Å². The van der Waals surface area contributed by atoms with Gasteiger partial charge in [-0.3, -0.25) is 9.58 Å². The molecule has 0 radical (unpaired) electrons. The van der Waals surface area contributed by atoms with Crippen molar-refractivity contribution in [3.63, 3.8) is 0 Å². The van der Waals surface area contributed by atoms with Gasteiger partial charge >= 0.3 is 0 Å². The minimum atomic E-state index is -0.135. The molecule has 3 aromatic rings. The molecule has 1 fully saturated rings. The topological polar surface area (TPSA) is 21.1 Å². The lowest BCUT2D eigenvalue weighted by atomic mass is 9.91. The Bertz CT molecular complexity index is 894. The highest BCUT2D eigenvalue weighted by molar-refractivity contribution is 5.81. The maximum atomic E-state index is 13.3. The number of benzene rings is 2. The molecule has 0 saturated carbocycles. The number of fused-ring (bicyclic) bond motifs is 1. The van der Waals surface area contributed by atoms with Gasteiger partial charge in [0, 0.05) is 19.0 Å². The monoisotopic (exact) mass is 365 g/mol. The molecule has 3 nitrogen and oxygen atoms in total. The number of rotatable bonds is 6. The number of piperidine rings is 1. The van der Waals surface area contributed by atoms with Gasteiger partial charge in [-0.1, -0.05) is 30.3 Å². The Morgan fingerprint density at radius 2 is 1.89 bits per heavy atom. The third-order valence-corrected chi connectivity index (χ3v) is 5.86. The molecule has 1 aliphatic heterocycles. The van der Waals surface area contributed by atoms with E-state index in [1.165, 1.54) is 48.3 Å². The van der Waals surface area contributed by atoms with Crippen LogP contribution < -0.4 is 0 Å². The van der Waals surface area contributed by atoms with Gasteiger partial charge in [-0.25, -0.2) is 4.39 Å². The van der Waals surface area contributed by atoms with Crippen LogP contribution in [0.1, 0.15) is 36.9 Å². The van der Waals surface area contributed by atoms with Gasteiger partial charge in [0.2, 0.25) is 0 Å². The van der Waals surface area contributed by atoms with Crippen LogP contribution in [0.15, 0.2) is 48.5 Å². The summed E-state index contributed by atoms with van der Waals surface area (Å²) < 4.78 is 15.3. The van der Waals surface area contributed by atoms with Gasteiger partial charge in [-0.15, -0.1) is 0 Å². The highest BCUT2D eigenvalue weighted by Crippen LogP contribution is 2.25. The van der Waals surface area contributed by atoms with Gasteiger partial charge in [0.05, 0.1) is 11.2 Å². The van der Waals surface area contributed by atoms with Crippen molar-refractivity contribution in [2.45, 2.75) is 38.6 Å². The normalized spacial score (nSPS) is 16.2. The second-order valence-corrected chi connectivity index (χ2v) is 7.83. The summed E-state index contributed by atoms with van der Waals surface area (Å²) in [5.74, 6) is 0.674. The van der Waals surface area contributed by atoms with Crippen molar-refractivity contribution in [1.29, 1.82) is 0 Å². The molecule has 0 spiro atoms. The van der Waals surface area contributed by atoms with Crippen LogP contribution in [0.3, 0.4) is 0 Å². The maximum absolute atomic E-state index is 13.3. The van der Waals surface area contributed by atoms with E-state index >= 15 is 0 Å². The molecule has 4 rings (SSSR count). The molecule has 0 bridgehead atoms. The summed E-state index contributed by atoms with van der Waals surface area (Å²) in [5.41, 5.74) is 3.53. The number of para-hydroxylation sites is 1. The first-order chi connectivity index (χ1) is 13.2. The van der Waals surface area contributed by atoms with Gasteiger partial charge < -0.3 is 0 Å². The Balaban J connectivity index is 1.24. The Morgan fingerprint density at radius 1 is 1.07 bits per heavy atom. The second kappa shape index (κ2) is 8.22. The number of hydrogen-bond donors (Lipinski definition) is 0. The molecule has 0 unspecified atom stereocenters. The van der Waals surface area contributed by atoms with E-state index in [0.717, 1.165) is 37.5 Å². The van der Waals surface area contributed by atoms with Crippen molar-refractivity contribution in [1.82, 2.24) is 14.7 Å². The van der Waals surface area contributed by atoms with Crippen LogP contribution in [0.2, 0.25) is 0 Å². The predicted molar refractivity (Wildman–Crippen MR) is 108 cm³/mol. The number of likely N-dealkylation sites (tertiary alicyclic amines) is 1. The predicted octanol–water partition coefficient (Wildman–Crippen LogP) is 4.95. The Labute approximate surface area is 160 Å². The minimum Gasteiger partial charge on any atom is -0.299 e. The fraction of sp³-hybridized carbons (Fsp3) is 0.435. The van der Waals surface area contributed by atoms with E-state index in [4.69, 9.17) is 5.10 Å². The van der Waals surface area contributed by atoms with E-state index in [0.29, 0.717) is 0 Å². The lowest BCUT2D eigenvalue weighted by molar-refractivity contribution is 0.171. The van der Waals surface area contributed by atoms with E-state index < -0.39 is 0 Å². The quantitative estimate of drug-likeness (QED) is 0.616. The van der Waals surface area contributed by atoms with Crippen LogP contribution in [0.4, 0.5) is 4.39 Å². The molecule has 1 aliphatic rings. The van der Waals surface area contributed by atoms with Crippen LogP contribution in [0.25, 0.3) is 10.9 Å². The molecular weight excluding hydrogens is 337 g/mol. The van der Waals surface area contributed by atoms with Crippen molar-refractivity contribution in [3.8, 4) is 0 Å². The summed E-state index contributed by atoms with van der Waals surface area (Å²) in [7, 11) is 2.03. The fourth-order valence-corrected chi connectivity index (χ4v) is 4.36. The lowest BCUT2D eigenvalue weighted by Crippen LogP contribution is -2.33. The van der Waals surface area contributed by atoms with E-state index in [-0.39, 0.29) is 5.82 Å². The van der Waals surface area contributed by atoms with Crippen LogP contribution in [0, 0.1) is 11.7 Å². The Hall–Kier alpha value is -2.20. The van der Waals surface area contributed by atoms with Gasteiger partial charge in [0.25, 0.3) is 0 Å². The SMILES string of the molecule is Cn1nc(CCCC2CCN(Cc3cccc(F)c3)CC2)c2ccccc21. The smallest absolute Gasteiger partial charge is 0.123 e. The summed E-state index contributed by atoms with van der Waals surface area (Å²) in [6, 6.07) is 15.5. The summed E-state index contributed by atoms with van der Waals surface area (Å²) in [6.45, 7) is 3.10. The van der Waals surface area contributed by atoms with E-state index in [9.17, 15) is 4.39 Å². The molecular formula is C23H28FN3. The zero-order chi connectivity index (χ0) is 18.6. The third kappa shape index (κ3) is 4.38. The largest absolute Gasteiger partial charge is 0.299 e. The number of aromatic nitrogens is 2. The zero-order valence-corrected chi connectivity index (χ0v) is 16.1. The molecule has 0 aliphatic carbocycles. The van der Waals surface area contributed by atoms with Crippen molar-refractivity contribution < 1.29 is 4.39 Å². The van der Waals surface area contributed by atoms with Crippen molar-refractivity contribution in [2.24, 2.45) is 13.0 Å². The molecule has 27 heavy (non-hydrogen) atoms. The maximum Gasteiger partial charge on any atom is 0.123 e. The second-order valence-electron chi connectivity index (χ2n) is 7.83. The molecule has 0 N–H and O–H groups in total. The molecule has 0 amide bonds. The highest BCUT2D eigenvalue weighted by Gasteiger charge is 2.19. The van der Waals surface area contributed by atoms with Gasteiger partial charge in [0.15, 0.2) is 0 Å². The first kappa shape index (κ1) is 18.2. The highest BCUT2D eigenvalue weighted by atomic mass is 19.1. The van der Waals surface area contributed by atoms with Crippen molar-refractivity contribution >= 4 is 10.9 Å². The molecule has 2 aromatic carbocycles. The molecule has 1 aromatic heterocycles. The van der Waals surface area contributed by atoms with Gasteiger partial charge in [-0.05, 0) is 74.9 Å². The zero-order valence-electron chi connectivity index (χ0n) is 16.1. The van der Waals surface area contributed by atoms with E-state index in [2.05, 4.69) is 29.2 Å². The molecule has 1 saturated heterocycles. The van der Waals surface area contributed by atoms with E-state index in [1.807, 2.05) is 17.8 Å². The number of nitrogens with zero attached hydrogens (tertiary/aromatic N) is 3. The van der Waals surface area contributed by atoms with Gasteiger partial charge in [-0.2, -0.15) is 5.10 Å². The lowest BCUT2D eigenvalue weighted by Gasteiger charge is -2.32. The summed E-state index contributed by atoms with van der Waals surface area (Å²) in [5, 5.41) is 6.01. The average Bonchev–Trinajstić information content (AvgIpc) is 3.00. The van der Waals surface area contributed by atoms with E-state index in [1.54, 1.807) is 12.1 Å². The third-order valence-electron chi connectivity index (χ3n) is 5.86. The van der Waals surface area contributed by atoms with Gasteiger partial charge in [0.1, 0.15) is 5.82 Å². The number of aryl methyl sites for hydroxylation is 2. The standard InChI is InChI=1S/C23H28FN3/c1-26-23-11-3-2-9-21(23)22(25-26)10-5-6-18-12-14-27(15-13-18)17-19-7-4-8-20(24)16-19/h2-4,7-9,11,16,18H,5-6,10,12-15,17H2,1H3. The molecule has 2 heterocycles. The Kier molecular flexibility index (Phi) is 5.53. The van der Waals surface area contributed by atoms with Crippen molar-refractivity contribution in [2.75, 3.05) is 13.1 Å². The van der Waals surface area contributed by atoms with Crippen LogP contribution in [-0.4, -0.2) is 27.8 Å². The van der Waals surface area contributed by atoms with Crippen LogP contribution in [-0.2, 0) is 20.0 Å². The van der Waals surface area contributed by atoms with Crippen LogP contribution in [0.5, 0.6) is 0 Å². The molecule has 142 valence electrons. The summed E-state index contributed by atoms with van der Waals surface area (Å²) in [6.07, 6.45) is 6.04. The number of halogens is 1. The fourth-order valence-electron chi connectivity index (χ4n) is 4.36. The molecule has 0 atom stereocenters. The first-order valence-corrected chi connectivity index (χ1v) is 10.1. The first-order valence-electron chi connectivity index (χ1n) is 10.1. The average molecular weight is 365 g/mol. The van der Waals surface area contributed by atoms with Crippen molar-refractivity contribution in [3.05, 3.63) is 65.6 Å².